The Labute approximate surface area is 170 Å². The maximum absolute atomic E-state index is 6.94. The van der Waals surface area contributed by atoms with Crippen molar-refractivity contribution in [1.29, 1.82) is 0 Å². The van der Waals surface area contributed by atoms with Gasteiger partial charge in [0.05, 0.1) is 18.7 Å². The molecule has 1 fully saturated rings. The molecule has 27 heavy (non-hydrogen) atoms. The summed E-state index contributed by atoms with van der Waals surface area (Å²) in [6, 6.07) is 0. The van der Waals surface area contributed by atoms with Gasteiger partial charge in [0.25, 0.3) is 0 Å². The van der Waals surface area contributed by atoms with Gasteiger partial charge in [-0.3, -0.25) is 0 Å². The second-order valence-corrected chi connectivity index (χ2v) is 19.8. The highest BCUT2D eigenvalue weighted by Gasteiger charge is 2.66. The lowest BCUT2D eigenvalue weighted by atomic mass is 10.6. The van der Waals surface area contributed by atoms with Crippen molar-refractivity contribution in [3.8, 4) is 0 Å². The summed E-state index contributed by atoms with van der Waals surface area (Å²) in [6.45, 7) is 21.2. The Bertz CT molecular complexity index is 366. The maximum atomic E-state index is 6.94. The van der Waals surface area contributed by atoms with Gasteiger partial charge < -0.3 is 26.6 Å². The monoisotopic (exact) mass is 438 g/mol. The Morgan fingerprint density at radius 3 is 0.889 bits per heavy atom. The molecule has 1 heterocycles. The predicted octanol–water partition coefficient (Wildman–Crippen LogP) is 4.33. The highest BCUT2D eigenvalue weighted by Crippen LogP contribution is 2.45. The molecule has 0 N–H and O–H groups in total. The molecule has 0 aromatic rings. The highest BCUT2D eigenvalue weighted by atomic mass is 28.5. The van der Waals surface area contributed by atoms with E-state index in [9.17, 15) is 0 Å². The summed E-state index contributed by atoms with van der Waals surface area (Å²) in [5.74, 6) is 0. The fourth-order valence-electron chi connectivity index (χ4n) is 3.06. The molecule has 0 aliphatic carbocycles. The van der Waals surface area contributed by atoms with Crippen molar-refractivity contribution in [2.45, 2.75) is 78.9 Å². The minimum atomic E-state index is -2.66. The maximum Gasteiger partial charge on any atom is 0.350 e. The second-order valence-electron chi connectivity index (χ2n) is 8.12. The summed E-state index contributed by atoms with van der Waals surface area (Å²) in [5, 5.41) is 0. The molecule has 0 bridgehead atoms. The van der Waals surface area contributed by atoms with Crippen molar-refractivity contribution < 1.29 is 26.6 Å². The summed E-state index contributed by atoms with van der Waals surface area (Å²) < 4.78 is 38.5. The van der Waals surface area contributed by atoms with Gasteiger partial charge in [-0.1, -0.05) is 41.5 Å². The lowest BCUT2D eigenvalue weighted by Gasteiger charge is -2.56. The van der Waals surface area contributed by atoms with Crippen molar-refractivity contribution >= 4 is 25.7 Å². The second kappa shape index (κ2) is 11.0. The third kappa shape index (κ3) is 5.95. The lowest BCUT2D eigenvalue weighted by Crippen LogP contribution is -2.77. The van der Waals surface area contributed by atoms with Crippen molar-refractivity contribution in [2.24, 2.45) is 0 Å². The van der Waals surface area contributed by atoms with Gasteiger partial charge >= 0.3 is 25.7 Å². The molecule has 0 unspecified atom stereocenters. The molecule has 1 rings (SSSR count). The van der Waals surface area contributed by atoms with Gasteiger partial charge in [-0.05, 0) is 37.4 Å². The molecular weight excluding hydrogens is 396 g/mol. The van der Waals surface area contributed by atoms with Gasteiger partial charge in [-0.15, -0.1) is 0 Å². The van der Waals surface area contributed by atoms with Gasteiger partial charge in [0, 0.05) is 19.8 Å². The highest BCUT2D eigenvalue weighted by molar-refractivity contribution is 6.95. The number of ether oxygens (including phenoxy) is 3. The molecular formula is C18H42O6Si3. The van der Waals surface area contributed by atoms with Crippen LogP contribution in [-0.4, -0.2) is 64.2 Å². The summed E-state index contributed by atoms with van der Waals surface area (Å²) in [5.41, 5.74) is 0.771. The van der Waals surface area contributed by atoms with E-state index >= 15 is 0 Å². The predicted molar refractivity (Wildman–Crippen MR) is 115 cm³/mol. The Kier molecular flexibility index (Phi) is 10.3. The van der Waals surface area contributed by atoms with Crippen LogP contribution in [0.1, 0.15) is 62.3 Å². The molecule has 1 saturated heterocycles. The Balaban J connectivity index is 3.47. The molecule has 6 nitrogen and oxygen atoms in total. The standard InChI is InChI=1S/C18H42O6Si3/c1-10-19-13-25(16(4)5)22-26(17(6)7,14-20-11-2)24-27(23-25,18(8)9)15-21-12-3/h16-18H,10-15H2,1-9H3. The molecule has 0 radical (unpaired) electrons. The average molecular weight is 439 g/mol. The molecule has 0 saturated carbocycles. The van der Waals surface area contributed by atoms with Gasteiger partial charge in [-0.25, -0.2) is 0 Å². The van der Waals surface area contributed by atoms with Crippen LogP contribution in [0.5, 0.6) is 0 Å². The van der Waals surface area contributed by atoms with Gasteiger partial charge in [0.2, 0.25) is 0 Å². The third-order valence-electron chi connectivity index (χ3n) is 5.20. The molecule has 0 atom stereocenters. The molecule has 162 valence electrons. The van der Waals surface area contributed by atoms with Crippen LogP contribution in [0.15, 0.2) is 0 Å². The molecule has 9 heteroatoms. The first-order chi connectivity index (χ1) is 12.6. The van der Waals surface area contributed by atoms with E-state index in [2.05, 4.69) is 41.5 Å². The minimum absolute atomic E-state index is 0.257. The summed E-state index contributed by atoms with van der Waals surface area (Å²) in [4.78, 5) is 0. The first kappa shape index (κ1) is 25.4. The van der Waals surface area contributed by atoms with Crippen LogP contribution in [-0.2, 0) is 26.6 Å². The minimum Gasteiger partial charge on any atom is -0.412 e. The van der Waals surface area contributed by atoms with Crippen molar-refractivity contribution in [3.63, 3.8) is 0 Å². The van der Waals surface area contributed by atoms with E-state index in [0.29, 0.717) is 38.5 Å². The van der Waals surface area contributed by atoms with Gasteiger partial charge in [0.15, 0.2) is 0 Å². The number of rotatable bonds is 12. The van der Waals surface area contributed by atoms with Crippen LogP contribution < -0.4 is 0 Å². The summed E-state index contributed by atoms with van der Waals surface area (Å²) >= 11 is 0. The summed E-state index contributed by atoms with van der Waals surface area (Å²) in [7, 11) is -7.98. The lowest BCUT2D eigenvalue weighted by molar-refractivity contribution is 0.0824. The zero-order valence-electron chi connectivity index (χ0n) is 18.9. The zero-order chi connectivity index (χ0) is 20.7. The van der Waals surface area contributed by atoms with Gasteiger partial charge in [-0.2, -0.15) is 0 Å². The van der Waals surface area contributed by atoms with Crippen LogP contribution in [0.2, 0.25) is 16.6 Å². The fraction of sp³-hybridized carbons (Fsp3) is 1.00. The quantitative estimate of drug-likeness (QED) is 0.423. The Hall–Kier alpha value is 0.411. The number of hydrogen-bond donors (Lipinski definition) is 0. The van der Waals surface area contributed by atoms with Gasteiger partial charge in [0.1, 0.15) is 0 Å². The van der Waals surface area contributed by atoms with Crippen LogP contribution in [0.25, 0.3) is 0 Å². The largest absolute Gasteiger partial charge is 0.412 e. The van der Waals surface area contributed by atoms with Crippen LogP contribution in [0.3, 0.4) is 0 Å². The average Bonchev–Trinajstić information content (AvgIpc) is 2.62. The van der Waals surface area contributed by atoms with Crippen molar-refractivity contribution in [1.82, 2.24) is 0 Å². The van der Waals surface area contributed by atoms with E-state index in [-0.39, 0.29) is 16.6 Å². The van der Waals surface area contributed by atoms with E-state index in [1.165, 1.54) is 0 Å². The Morgan fingerprint density at radius 1 is 0.519 bits per heavy atom. The van der Waals surface area contributed by atoms with E-state index in [1.807, 2.05) is 20.8 Å². The Morgan fingerprint density at radius 2 is 0.741 bits per heavy atom. The SMILES string of the molecule is CCOC[Si]1(C(C)C)O[Si](COCC)(C(C)C)O[Si](COCC)(C(C)C)O1. The molecule has 0 spiro atoms. The first-order valence-corrected chi connectivity index (χ1v) is 16.8. The van der Waals surface area contributed by atoms with E-state index in [0.717, 1.165) is 0 Å². The molecule has 0 aromatic carbocycles. The van der Waals surface area contributed by atoms with E-state index < -0.39 is 25.7 Å². The van der Waals surface area contributed by atoms with Crippen LogP contribution in [0.4, 0.5) is 0 Å². The van der Waals surface area contributed by atoms with E-state index in [4.69, 9.17) is 26.6 Å². The third-order valence-corrected chi connectivity index (χ3v) is 20.6. The summed E-state index contributed by atoms with van der Waals surface area (Å²) in [6.07, 6.45) is 1.60. The first-order valence-electron chi connectivity index (χ1n) is 10.5. The zero-order valence-corrected chi connectivity index (χ0v) is 21.9. The number of hydrogen-bond acceptors (Lipinski definition) is 6. The van der Waals surface area contributed by atoms with Crippen molar-refractivity contribution in [3.05, 3.63) is 0 Å². The molecule has 1 aliphatic rings. The molecule has 1 aliphatic heterocycles. The normalized spacial score (nSPS) is 32.0. The van der Waals surface area contributed by atoms with Crippen LogP contribution >= 0.6 is 0 Å². The topological polar surface area (TPSA) is 55.4 Å². The van der Waals surface area contributed by atoms with E-state index in [1.54, 1.807) is 0 Å². The molecule has 0 aromatic heterocycles. The van der Waals surface area contributed by atoms with Crippen molar-refractivity contribution in [2.75, 3.05) is 38.5 Å². The molecule has 0 amide bonds. The smallest absolute Gasteiger partial charge is 0.350 e. The fourth-order valence-corrected chi connectivity index (χ4v) is 21.2. The van der Waals surface area contributed by atoms with Crippen LogP contribution in [0, 0.1) is 0 Å².